The summed E-state index contributed by atoms with van der Waals surface area (Å²) in [5.74, 6) is 1.07. The first-order chi connectivity index (χ1) is 9.08. The minimum absolute atomic E-state index is 0.209. The molecule has 0 spiro atoms. The molecule has 1 aliphatic heterocycles. The Kier molecular flexibility index (Phi) is 5.25. The van der Waals surface area contributed by atoms with Crippen LogP contribution < -0.4 is 0 Å². The maximum absolute atomic E-state index is 9.99. The van der Waals surface area contributed by atoms with E-state index in [1.54, 1.807) is 6.07 Å². The number of halogens is 1. The standard InChI is InChI=1S/C15H22BrNO2/c1-11(14-9-13(16)3-4-15(14)18)17(2)10-12-5-7-19-8-6-12/h3-4,9,11-12,18H,5-8,10H2,1-2H3. The molecular weight excluding hydrogens is 306 g/mol. The van der Waals surface area contributed by atoms with E-state index in [0.29, 0.717) is 11.7 Å². The van der Waals surface area contributed by atoms with Crippen molar-refractivity contribution in [2.45, 2.75) is 25.8 Å². The Morgan fingerprint density at radius 3 is 2.79 bits per heavy atom. The molecule has 1 atom stereocenters. The van der Waals surface area contributed by atoms with Crippen LogP contribution in [0.5, 0.6) is 5.75 Å². The van der Waals surface area contributed by atoms with Gasteiger partial charge < -0.3 is 9.84 Å². The van der Waals surface area contributed by atoms with Crippen molar-refractivity contribution in [3.63, 3.8) is 0 Å². The van der Waals surface area contributed by atoms with Crippen molar-refractivity contribution in [3.8, 4) is 5.75 Å². The predicted octanol–water partition coefficient (Wildman–Crippen LogP) is 3.57. The Labute approximate surface area is 123 Å². The molecule has 1 aromatic rings. The van der Waals surface area contributed by atoms with Gasteiger partial charge in [0, 0.05) is 35.8 Å². The molecule has 106 valence electrons. The van der Waals surface area contributed by atoms with E-state index in [0.717, 1.165) is 42.6 Å². The molecule has 1 N–H and O–H groups in total. The Hall–Kier alpha value is -0.580. The van der Waals surface area contributed by atoms with Gasteiger partial charge in [0.15, 0.2) is 0 Å². The summed E-state index contributed by atoms with van der Waals surface area (Å²) in [5.41, 5.74) is 0.976. The van der Waals surface area contributed by atoms with Crippen LogP contribution in [0.25, 0.3) is 0 Å². The van der Waals surface area contributed by atoms with E-state index in [1.165, 1.54) is 0 Å². The second kappa shape index (κ2) is 6.73. The van der Waals surface area contributed by atoms with Crippen LogP contribution in [0.3, 0.4) is 0 Å². The highest BCUT2D eigenvalue weighted by molar-refractivity contribution is 9.10. The lowest BCUT2D eigenvalue weighted by Gasteiger charge is -2.31. The highest BCUT2D eigenvalue weighted by Gasteiger charge is 2.21. The number of phenols is 1. The lowest BCUT2D eigenvalue weighted by atomic mass is 9.98. The summed E-state index contributed by atoms with van der Waals surface area (Å²) in [5, 5.41) is 9.99. The normalized spacial score (nSPS) is 18.7. The van der Waals surface area contributed by atoms with Gasteiger partial charge in [0.25, 0.3) is 0 Å². The molecule has 0 bridgehead atoms. The number of hydrogen-bond donors (Lipinski definition) is 1. The zero-order valence-electron chi connectivity index (χ0n) is 11.6. The van der Waals surface area contributed by atoms with E-state index in [-0.39, 0.29) is 6.04 Å². The molecule has 1 fully saturated rings. The Bertz CT molecular complexity index is 419. The van der Waals surface area contributed by atoms with E-state index in [1.807, 2.05) is 12.1 Å². The molecule has 0 aromatic heterocycles. The van der Waals surface area contributed by atoms with Crippen LogP contribution in [0, 0.1) is 5.92 Å². The number of aromatic hydroxyl groups is 1. The van der Waals surface area contributed by atoms with Crippen molar-refractivity contribution < 1.29 is 9.84 Å². The van der Waals surface area contributed by atoms with Crippen LogP contribution >= 0.6 is 15.9 Å². The van der Waals surface area contributed by atoms with E-state index in [4.69, 9.17) is 4.74 Å². The summed E-state index contributed by atoms with van der Waals surface area (Å²) < 4.78 is 6.40. The molecule has 1 unspecified atom stereocenters. The lowest BCUT2D eigenvalue weighted by molar-refractivity contribution is 0.0511. The van der Waals surface area contributed by atoms with Gasteiger partial charge in [-0.25, -0.2) is 0 Å². The molecule has 0 aliphatic carbocycles. The first kappa shape index (κ1) is 14.8. The summed E-state index contributed by atoms with van der Waals surface area (Å²) >= 11 is 3.47. The first-order valence-corrected chi connectivity index (χ1v) is 7.63. The van der Waals surface area contributed by atoms with Gasteiger partial charge in [-0.05, 0) is 50.9 Å². The Morgan fingerprint density at radius 1 is 1.42 bits per heavy atom. The van der Waals surface area contributed by atoms with Crippen molar-refractivity contribution in [2.24, 2.45) is 5.92 Å². The molecule has 1 aliphatic rings. The lowest BCUT2D eigenvalue weighted by Crippen LogP contribution is -2.31. The second-order valence-corrected chi connectivity index (χ2v) is 6.29. The summed E-state index contributed by atoms with van der Waals surface area (Å²) in [4.78, 5) is 2.32. The number of hydrogen-bond acceptors (Lipinski definition) is 3. The number of phenolic OH excluding ortho intramolecular Hbond substituents is 1. The SMILES string of the molecule is CC(c1cc(Br)ccc1O)N(C)CC1CCOCC1. The van der Waals surface area contributed by atoms with Crippen LogP contribution in [-0.2, 0) is 4.74 Å². The van der Waals surface area contributed by atoms with Crippen molar-refractivity contribution in [3.05, 3.63) is 28.2 Å². The zero-order valence-corrected chi connectivity index (χ0v) is 13.2. The Morgan fingerprint density at radius 2 is 2.11 bits per heavy atom. The van der Waals surface area contributed by atoms with Crippen molar-refractivity contribution in [1.82, 2.24) is 4.90 Å². The molecule has 3 nitrogen and oxygen atoms in total. The summed E-state index contributed by atoms with van der Waals surface area (Å²) in [6, 6.07) is 5.82. The van der Waals surface area contributed by atoms with Gasteiger partial charge in [-0.3, -0.25) is 4.90 Å². The van der Waals surface area contributed by atoms with Crippen LogP contribution in [0.4, 0.5) is 0 Å². The summed E-state index contributed by atoms with van der Waals surface area (Å²) in [6.45, 7) is 4.96. The molecule has 0 saturated carbocycles. The zero-order chi connectivity index (χ0) is 13.8. The number of nitrogens with zero attached hydrogens (tertiary/aromatic N) is 1. The fourth-order valence-electron chi connectivity index (χ4n) is 2.59. The maximum Gasteiger partial charge on any atom is 0.120 e. The molecule has 1 saturated heterocycles. The number of rotatable bonds is 4. The average Bonchev–Trinajstić information content (AvgIpc) is 2.42. The monoisotopic (exact) mass is 327 g/mol. The molecular formula is C15H22BrNO2. The van der Waals surface area contributed by atoms with E-state index in [2.05, 4.69) is 34.8 Å². The van der Waals surface area contributed by atoms with Gasteiger partial charge in [-0.2, -0.15) is 0 Å². The fraction of sp³-hybridized carbons (Fsp3) is 0.600. The van der Waals surface area contributed by atoms with E-state index in [9.17, 15) is 5.11 Å². The molecule has 1 aromatic carbocycles. The average molecular weight is 328 g/mol. The highest BCUT2D eigenvalue weighted by atomic mass is 79.9. The highest BCUT2D eigenvalue weighted by Crippen LogP contribution is 2.31. The second-order valence-electron chi connectivity index (χ2n) is 5.37. The van der Waals surface area contributed by atoms with Crippen LogP contribution in [0.1, 0.15) is 31.4 Å². The van der Waals surface area contributed by atoms with Gasteiger partial charge in [0.2, 0.25) is 0 Å². The number of ether oxygens (including phenoxy) is 1. The van der Waals surface area contributed by atoms with Crippen LogP contribution in [-0.4, -0.2) is 36.8 Å². The summed E-state index contributed by atoms with van der Waals surface area (Å²) in [6.07, 6.45) is 2.28. The minimum Gasteiger partial charge on any atom is -0.508 e. The largest absolute Gasteiger partial charge is 0.508 e. The van der Waals surface area contributed by atoms with Crippen molar-refractivity contribution in [1.29, 1.82) is 0 Å². The quantitative estimate of drug-likeness (QED) is 0.917. The third-order valence-electron chi connectivity index (χ3n) is 3.99. The van der Waals surface area contributed by atoms with Gasteiger partial charge in [0.05, 0.1) is 0 Å². The fourth-order valence-corrected chi connectivity index (χ4v) is 2.97. The van der Waals surface area contributed by atoms with Crippen LogP contribution in [0.15, 0.2) is 22.7 Å². The smallest absolute Gasteiger partial charge is 0.120 e. The Balaban J connectivity index is 2.01. The third kappa shape index (κ3) is 3.94. The molecule has 1 heterocycles. The van der Waals surface area contributed by atoms with Crippen molar-refractivity contribution >= 4 is 15.9 Å². The van der Waals surface area contributed by atoms with Crippen LogP contribution in [0.2, 0.25) is 0 Å². The summed E-state index contributed by atoms with van der Waals surface area (Å²) in [7, 11) is 2.13. The molecule has 0 amide bonds. The number of benzene rings is 1. The molecule has 0 radical (unpaired) electrons. The van der Waals surface area contributed by atoms with Gasteiger partial charge in [0.1, 0.15) is 5.75 Å². The first-order valence-electron chi connectivity index (χ1n) is 6.84. The van der Waals surface area contributed by atoms with E-state index < -0.39 is 0 Å². The van der Waals surface area contributed by atoms with E-state index >= 15 is 0 Å². The van der Waals surface area contributed by atoms with Gasteiger partial charge in [-0.15, -0.1) is 0 Å². The molecule has 19 heavy (non-hydrogen) atoms. The minimum atomic E-state index is 0.209. The third-order valence-corrected chi connectivity index (χ3v) is 4.48. The molecule has 2 rings (SSSR count). The maximum atomic E-state index is 9.99. The predicted molar refractivity (Wildman–Crippen MR) is 80.4 cm³/mol. The van der Waals surface area contributed by atoms with Gasteiger partial charge in [-0.1, -0.05) is 15.9 Å². The molecule has 4 heteroatoms. The van der Waals surface area contributed by atoms with Gasteiger partial charge >= 0.3 is 0 Å². The van der Waals surface area contributed by atoms with Crippen molar-refractivity contribution in [2.75, 3.05) is 26.8 Å². The topological polar surface area (TPSA) is 32.7 Å².